The lowest BCUT2D eigenvalue weighted by atomic mass is 10.1. The topological polar surface area (TPSA) is 40.6 Å². The van der Waals surface area contributed by atoms with Crippen molar-refractivity contribution in [3.05, 3.63) is 66.2 Å². The highest BCUT2D eigenvalue weighted by molar-refractivity contribution is 6.08. The second-order valence-electron chi connectivity index (χ2n) is 4.88. The van der Waals surface area contributed by atoms with Gasteiger partial charge in [-0.3, -0.25) is 14.5 Å². The molecule has 0 radical (unpaired) electrons. The van der Waals surface area contributed by atoms with Crippen molar-refractivity contribution in [2.45, 2.75) is 0 Å². The summed E-state index contributed by atoms with van der Waals surface area (Å²) in [4.78, 5) is 27.6. The molecule has 4 heteroatoms. The van der Waals surface area contributed by atoms with Crippen LogP contribution in [0.3, 0.4) is 0 Å². The maximum Gasteiger partial charge on any atom is 0.258 e. The zero-order valence-corrected chi connectivity index (χ0v) is 12.2. The van der Waals surface area contributed by atoms with Gasteiger partial charge in [0.2, 0.25) is 5.91 Å². The number of benzene rings is 2. The number of para-hydroxylation sites is 1. The Morgan fingerprint density at radius 2 is 1.38 bits per heavy atom. The summed E-state index contributed by atoms with van der Waals surface area (Å²) < 4.78 is 0. The minimum Gasteiger partial charge on any atom is -0.347 e. The van der Waals surface area contributed by atoms with E-state index in [0.29, 0.717) is 11.3 Å². The van der Waals surface area contributed by atoms with Gasteiger partial charge in [-0.15, -0.1) is 0 Å². The SMILES string of the molecule is CN(C)C(=O)CN(C(=O)c1ccccc1)c1ccccc1. The Morgan fingerprint density at radius 1 is 0.857 bits per heavy atom. The van der Waals surface area contributed by atoms with Gasteiger partial charge in [0.05, 0.1) is 0 Å². The van der Waals surface area contributed by atoms with Gasteiger partial charge in [-0.25, -0.2) is 0 Å². The van der Waals surface area contributed by atoms with Crippen molar-refractivity contribution in [1.29, 1.82) is 0 Å². The lowest BCUT2D eigenvalue weighted by Crippen LogP contribution is -2.40. The lowest BCUT2D eigenvalue weighted by Gasteiger charge is -2.24. The first kappa shape index (κ1) is 14.8. The van der Waals surface area contributed by atoms with E-state index in [-0.39, 0.29) is 18.4 Å². The Labute approximate surface area is 124 Å². The van der Waals surface area contributed by atoms with E-state index in [1.165, 1.54) is 9.80 Å². The molecule has 0 heterocycles. The Hall–Kier alpha value is -2.62. The van der Waals surface area contributed by atoms with Gasteiger partial charge in [0.25, 0.3) is 5.91 Å². The van der Waals surface area contributed by atoms with Gasteiger partial charge in [-0.2, -0.15) is 0 Å². The normalized spacial score (nSPS) is 10.0. The number of anilines is 1. The van der Waals surface area contributed by atoms with Crippen LogP contribution in [0.2, 0.25) is 0 Å². The summed E-state index contributed by atoms with van der Waals surface area (Å²) in [6, 6.07) is 18.2. The fourth-order valence-electron chi connectivity index (χ4n) is 1.90. The molecule has 108 valence electrons. The van der Waals surface area contributed by atoms with Crippen LogP contribution in [0.25, 0.3) is 0 Å². The highest BCUT2D eigenvalue weighted by atomic mass is 16.2. The minimum atomic E-state index is -0.183. The van der Waals surface area contributed by atoms with Crippen molar-refractivity contribution in [3.8, 4) is 0 Å². The zero-order chi connectivity index (χ0) is 15.2. The molecule has 0 saturated carbocycles. The predicted octanol–water partition coefficient (Wildman–Crippen LogP) is 2.42. The van der Waals surface area contributed by atoms with Crippen LogP contribution in [-0.2, 0) is 4.79 Å². The summed E-state index contributed by atoms with van der Waals surface area (Å²) in [6.07, 6.45) is 0. The third kappa shape index (κ3) is 3.69. The van der Waals surface area contributed by atoms with E-state index in [2.05, 4.69) is 0 Å². The molecule has 0 aromatic heterocycles. The highest BCUT2D eigenvalue weighted by Crippen LogP contribution is 2.17. The predicted molar refractivity (Wildman–Crippen MR) is 83.3 cm³/mol. The standard InChI is InChI=1S/C17H18N2O2/c1-18(2)16(20)13-19(15-11-7-4-8-12-15)17(21)14-9-5-3-6-10-14/h3-12H,13H2,1-2H3. The van der Waals surface area contributed by atoms with E-state index in [1.807, 2.05) is 48.5 Å². The van der Waals surface area contributed by atoms with E-state index in [0.717, 1.165) is 0 Å². The molecule has 0 fully saturated rings. The lowest BCUT2D eigenvalue weighted by molar-refractivity contribution is -0.127. The molecule has 4 nitrogen and oxygen atoms in total. The fraction of sp³-hybridized carbons (Fsp3) is 0.176. The largest absolute Gasteiger partial charge is 0.347 e. The van der Waals surface area contributed by atoms with E-state index in [4.69, 9.17) is 0 Å². The molecule has 0 atom stereocenters. The first-order chi connectivity index (χ1) is 10.1. The van der Waals surface area contributed by atoms with Gasteiger partial charge in [0.15, 0.2) is 0 Å². The van der Waals surface area contributed by atoms with Gasteiger partial charge in [-0.1, -0.05) is 36.4 Å². The molecular formula is C17H18N2O2. The second-order valence-corrected chi connectivity index (χ2v) is 4.88. The van der Waals surface area contributed by atoms with Crippen molar-refractivity contribution in [2.24, 2.45) is 0 Å². The van der Waals surface area contributed by atoms with Crippen molar-refractivity contribution in [3.63, 3.8) is 0 Å². The third-order valence-electron chi connectivity index (χ3n) is 3.13. The highest BCUT2D eigenvalue weighted by Gasteiger charge is 2.21. The summed E-state index contributed by atoms with van der Waals surface area (Å²) >= 11 is 0. The Bertz CT molecular complexity index is 609. The van der Waals surface area contributed by atoms with Crippen LogP contribution < -0.4 is 4.90 Å². The number of rotatable bonds is 4. The summed E-state index contributed by atoms with van der Waals surface area (Å²) in [7, 11) is 3.36. The number of carbonyl (C=O) groups is 2. The molecule has 0 saturated heterocycles. The average Bonchev–Trinajstić information content (AvgIpc) is 2.53. The molecule has 0 aliphatic carbocycles. The summed E-state index contributed by atoms with van der Waals surface area (Å²) in [5.41, 5.74) is 1.27. The number of amides is 2. The maximum atomic E-state index is 12.7. The molecule has 0 spiro atoms. The average molecular weight is 282 g/mol. The van der Waals surface area contributed by atoms with E-state index < -0.39 is 0 Å². The number of carbonyl (C=O) groups excluding carboxylic acids is 2. The molecule has 0 aliphatic rings. The molecule has 2 rings (SSSR count). The van der Waals surface area contributed by atoms with Gasteiger partial charge in [0.1, 0.15) is 6.54 Å². The number of hydrogen-bond donors (Lipinski definition) is 0. The molecule has 2 aromatic rings. The van der Waals surface area contributed by atoms with Crippen LogP contribution in [0.5, 0.6) is 0 Å². The summed E-state index contributed by atoms with van der Waals surface area (Å²) in [5.74, 6) is -0.305. The molecule has 2 aromatic carbocycles. The quantitative estimate of drug-likeness (QED) is 0.864. The van der Waals surface area contributed by atoms with Crippen molar-refractivity contribution < 1.29 is 9.59 Å². The number of nitrogens with zero attached hydrogens (tertiary/aromatic N) is 2. The number of likely N-dealkylation sites (N-methyl/N-ethyl adjacent to an activating group) is 1. The smallest absolute Gasteiger partial charge is 0.258 e. The molecular weight excluding hydrogens is 264 g/mol. The van der Waals surface area contributed by atoms with E-state index in [9.17, 15) is 9.59 Å². The monoisotopic (exact) mass is 282 g/mol. The van der Waals surface area contributed by atoms with Crippen LogP contribution in [0, 0.1) is 0 Å². The number of hydrogen-bond acceptors (Lipinski definition) is 2. The second kappa shape index (κ2) is 6.70. The Morgan fingerprint density at radius 3 is 1.90 bits per heavy atom. The zero-order valence-electron chi connectivity index (χ0n) is 12.2. The van der Waals surface area contributed by atoms with Crippen LogP contribution in [0.15, 0.2) is 60.7 Å². The summed E-state index contributed by atoms with van der Waals surface area (Å²) in [6.45, 7) is 0.0186. The molecule has 0 unspecified atom stereocenters. The molecule has 21 heavy (non-hydrogen) atoms. The molecule has 0 aliphatic heterocycles. The fourth-order valence-corrected chi connectivity index (χ4v) is 1.90. The van der Waals surface area contributed by atoms with Crippen molar-refractivity contribution in [1.82, 2.24) is 4.90 Å². The first-order valence-electron chi connectivity index (χ1n) is 6.71. The van der Waals surface area contributed by atoms with Gasteiger partial charge in [-0.05, 0) is 24.3 Å². The molecule has 0 bridgehead atoms. The Kier molecular flexibility index (Phi) is 4.72. The van der Waals surface area contributed by atoms with Gasteiger partial charge >= 0.3 is 0 Å². The van der Waals surface area contributed by atoms with Crippen molar-refractivity contribution >= 4 is 17.5 Å². The maximum absolute atomic E-state index is 12.7. The van der Waals surface area contributed by atoms with E-state index >= 15 is 0 Å². The third-order valence-corrected chi connectivity index (χ3v) is 3.13. The van der Waals surface area contributed by atoms with Gasteiger partial charge in [0, 0.05) is 25.3 Å². The van der Waals surface area contributed by atoms with E-state index in [1.54, 1.807) is 26.2 Å². The summed E-state index contributed by atoms with van der Waals surface area (Å²) in [5, 5.41) is 0. The van der Waals surface area contributed by atoms with Crippen LogP contribution in [-0.4, -0.2) is 37.4 Å². The minimum absolute atomic E-state index is 0.0186. The first-order valence-corrected chi connectivity index (χ1v) is 6.71. The Balaban J connectivity index is 2.32. The molecule has 2 amide bonds. The van der Waals surface area contributed by atoms with Crippen molar-refractivity contribution in [2.75, 3.05) is 25.5 Å². The molecule has 0 N–H and O–H groups in total. The van der Waals surface area contributed by atoms with Crippen LogP contribution in [0.4, 0.5) is 5.69 Å². The van der Waals surface area contributed by atoms with Crippen LogP contribution in [0.1, 0.15) is 10.4 Å². The van der Waals surface area contributed by atoms with Crippen LogP contribution >= 0.6 is 0 Å². The van der Waals surface area contributed by atoms with Gasteiger partial charge < -0.3 is 4.90 Å².